The molecule has 0 bridgehead atoms. The highest BCUT2D eigenvalue weighted by molar-refractivity contribution is 8.00. The molecular weight excluding hydrogens is 242 g/mol. The Labute approximate surface area is 104 Å². The summed E-state index contributed by atoms with van der Waals surface area (Å²) >= 11 is 1.62. The fourth-order valence-electron chi connectivity index (χ4n) is 0.868. The Morgan fingerprint density at radius 2 is 1.94 bits per heavy atom. The van der Waals surface area contributed by atoms with Gasteiger partial charge in [-0.2, -0.15) is 11.8 Å². The predicted molar refractivity (Wildman–Crippen MR) is 73.9 cm³/mol. The molecule has 5 heteroatoms. The normalized spacial score (nSPS) is 12.8. The van der Waals surface area contributed by atoms with Gasteiger partial charge in [0, 0.05) is 29.8 Å². The summed E-state index contributed by atoms with van der Waals surface area (Å²) in [6.45, 7) is 11.1. The fourth-order valence-corrected chi connectivity index (χ4v) is 3.09. The fraction of sp³-hybridized carbons (Fsp3) is 0.818. The number of sulfone groups is 1. The SMILES string of the molecule is C=C(CNC(C)(C)C)CSCCS(C)(=O)=O. The van der Waals surface area contributed by atoms with Crippen LogP contribution in [0.25, 0.3) is 0 Å². The number of hydrogen-bond acceptors (Lipinski definition) is 4. The zero-order valence-electron chi connectivity index (χ0n) is 10.7. The quantitative estimate of drug-likeness (QED) is 0.562. The second-order valence-electron chi connectivity index (χ2n) is 5.04. The Bertz CT molecular complexity index is 315. The Kier molecular flexibility index (Phi) is 6.67. The van der Waals surface area contributed by atoms with E-state index in [0.29, 0.717) is 5.75 Å². The molecule has 0 heterocycles. The molecule has 0 aromatic carbocycles. The first-order valence-electron chi connectivity index (χ1n) is 5.27. The molecule has 3 nitrogen and oxygen atoms in total. The van der Waals surface area contributed by atoms with Crippen LogP contribution in [-0.4, -0.2) is 44.0 Å². The van der Waals surface area contributed by atoms with E-state index in [1.807, 2.05) is 0 Å². The first-order chi connectivity index (χ1) is 7.10. The Hall–Kier alpha value is -0.0000000000000000555. The summed E-state index contributed by atoms with van der Waals surface area (Å²) in [5, 5.41) is 3.35. The molecule has 0 aromatic rings. The maximum absolute atomic E-state index is 10.9. The lowest BCUT2D eigenvalue weighted by Crippen LogP contribution is -2.37. The number of thioether (sulfide) groups is 1. The maximum Gasteiger partial charge on any atom is 0.148 e. The number of hydrogen-bond donors (Lipinski definition) is 1. The van der Waals surface area contributed by atoms with Crippen molar-refractivity contribution in [1.29, 1.82) is 0 Å². The molecule has 0 atom stereocenters. The summed E-state index contributed by atoms with van der Waals surface area (Å²) in [4.78, 5) is 0. The molecule has 0 saturated heterocycles. The second-order valence-corrected chi connectivity index (χ2v) is 8.40. The van der Waals surface area contributed by atoms with Crippen molar-refractivity contribution in [2.75, 3.05) is 30.1 Å². The van der Waals surface area contributed by atoms with Crippen LogP contribution in [0.5, 0.6) is 0 Å². The molecule has 0 radical (unpaired) electrons. The van der Waals surface area contributed by atoms with Gasteiger partial charge in [0.25, 0.3) is 0 Å². The summed E-state index contributed by atoms with van der Waals surface area (Å²) in [7, 11) is -2.82. The average Bonchev–Trinajstić information content (AvgIpc) is 2.06. The lowest BCUT2D eigenvalue weighted by atomic mass is 10.1. The summed E-state index contributed by atoms with van der Waals surface area (Å²) < 4.78 is 21.8. The Morgan fingerprint density at radius 3 is 2.38 bits per heavy atom. The van der Waals surface area contributed by atoms with Crippen LogP contribution in [0, 0.1) is 0 Å². The molecule has 0 spiro atoms. The predicted octanol–water partition coefficient (Wildman–Crippen LogP) is 1.71. The van der Waals surface area contributed by atoms with E-state index in [-0.39, 0.29) is 11.3 Å². The molecule has 1 N–H and O–H groups in total. The van der Waals surface area contributed by atoms with Crippen molar-refractivity contribution in [3.63, 3.8) is 0 Å². The topological polar surface area (TPSA) is 46.2 Å². The van der Waals surface area contributed by atoms with Crippen molar-refractivity contribution in [3.05, 3.63) is 12.2 Å². The van der Waals surface area contributed by atoms with Gasteiger partial charge in [0.2, 0.25) is 0 Å². The highest BCUT2D eigenvalue weighted by Crippen LogP contribution is 2.08. The van der Waals surface area contributed by atoms with Gasteiger partial charge in [0.15, 0.2) is 0 Å². The highest BCUT2D eigenvalue weighted by Gasteiger charge is 2.08. The van der Waals surface area contributed by atoms with Crippen LogP contribution in [0.4, 0.5) is 0 Å². The van der Waals surface area contributed by atoms with Gasteiger partial charge in [-0.05, 0) is 20.8 Å². The van der Waals surface area contributed by atoms with Crippen LogP contribution < -0.4 is 5.32 Å². The van der Waals surface area contributed by atoms with Gasteiger partial charge in [0.05, 0.1) is 5.75 Å². The summed E-state index contributed by atoms with van der Waals surface area (Å²) in [6, 6.07) is 0. The summed E-state index contributed by atoms with van der Waals surface area (Å²) in [5.41, 5.74) is 1.20. The molecule has 0 saturated carbocycles. The van der Waals surface area contributed by atoms with Crippen molar-refractivity contribution in [3.8, 4) is 0 Å². The molecule has 0 rings (SSSR count). The molecule has 16 heavy (non-hydrogen) atoms. The van der Waals surface area contributed by atoms with Crippen LogP contribution >= 0.6 is 11.8 Å². The standard InChI is InChI=1S/C11H23NO2S2/c1-10(8-12-11(2,3)4)9-15-6-7-16(5,13)14/h12H,1,6-9H2,2-5H3. The molecule has 0 aliphatic carbocycles. The minimum atomic E-state index is -2.82. The van der Waals surface area contributed by atoms with Gasteiger partial charge >= 0.3 is 0 Å². The molecule has 96 valence electrons. The lowest BCUT2D eigenvalue weighted by Gasteiger charge is -2.21. The van der Waals surface area contributed by atoms with E-state index in [2.05, 4.69) is 32.7 Å². The van der Waals surface area contributed by atoms with E-state index in [0.717, 1.165) is 17.9 Å². The number of rotatable bonds is 7. The van der Waals surface area contributed by atoms with E-state index in [9.17, 15) is 8.42 Å². The van der Waals surface area contributed by atoms with Crippen molar-refractivity contribution < 1.29 is 8.42 Å². The Balaban J connectivity index is 3.60. The number of nitrogens with one attached hydrogen (secondary N) is 1. The molecule has 0 fully saturated rings. The van der Waals surface area contributed by atoms with Gasteiger partial charge in [-0.15, -0.1) is 0 Å². The van der Waals surface area contributed by atoms with Crippen molar-refractivity contribution >= 4 is 21.6 Å². The van der Waals surface area contributed by atoms with E-state index in [1.54, 1.807) is 11.8 Å². The van der Waals surface area contributed by atoms with Gasteiger partial charge in [0.1, 0.15) is 9.84 Å². The zero-order valence-corrected chi connectivity index (χ0v) is 12.3. The van der Waals surface area contributed by atoms with Gasteiger partial charge < -0.3 is 5.32 Å². The van der Waals surface area contributed by atoms with Crippen LogP contribution in [0.3, 0.4) is 0 Å². The van der Waals surface area contributed by atoms with Crippen LogP contribution in [0.1, 0.15) is 20.8 Å². The summed E-state index contributed by atoms with van der Waals surface area (Å²) in [6.07, 6.45) is 1.27. The molecule has 0 unspecified atom stereocenters. The molecule has 0 aliphatic heterocycles. The summed E-state index contributed by atoms with van der Waals surface area (Å²) in [5.74, 6) is 1.71. The van der Waals surface area contributed by atoms with Gasteiger partial charge in [-0.25, -0.2) is 8.42 Å². The van der Waals surface area contributed by atoms with Crippen molar-refractivity contribution in [2.24, 2.45) is 0 Å². The van der Waals surface area contributed by atoms with E-state index in [4.69, 9.17) is 0 Å². The van der Waals surface area contributed by atoms with E-state index in [1.165, 1.54) is 6.26 Å². The zero-order chi connectivity index (χ0) is 12.8. The monoisotopic (exact) mass is 265 g/mol. The second kappa shape index (κ2) is 6.67. The maximum atomic E-state index is 10.9. The average molecular weight is 265 g/mol. The molecule has 0 aliphatic rings. The van der Waals surface area contributed by atoms with Gasteiger partial charge in [-0.1, -0.05) is 12.2 Å². The van der Waals surface area contributed by atoms with Crippen molar-refractivity contribution in [1.82, 2.24) is 5.32 Å². The first kappa shape index (κ1) is 16.0. The Morgan fingerprint density at radius 1 is 1.38 bits per heavy atom. The van der Waals surface area contributed by atoms with E-state index >= 15 is 0 Å². The first-order valence-corrected chi connectivity index (χ1v) is 8.49. The molecular formula is C11H23NO2S2. The molecule has 0 amide bonds. The minimum absolute atomic E-state index is 0.0976. The third-order valence-corrected chi connectivity index (χ3v) is 4.08. The largest absolute Gasteiger partial charge is 0.308 e. The smallest absolute Gasteiger partial charge is 0.148 e. The third-order valence-electron chi connectivity index (χ3n) is 1.77. The highest BCUT2D eigenvalue weighted by atomic mass is 32.2. The van der Waals surface area contributed by atoms with E-state index < -0.39 is 9.84 Å². The molecule has 0 aromatic heterocycles. The third kappa shape index (κ3) is 12.1. The minimum Gasteiger partial charge on any atom is -0.308 e. The van der Waals surface area contributed by atoms with Crippen LogP contribution in [-0.2, 0) is 9.84 Å². The lowest BCUT2D eigenvalue weighted by molar-refractivity contribution is 0.445. The van der Waals surface area contributed by atoms with Gasteiger partial charge in [-0.3, -0.25) is 0 Å². The van der Waals surface area contributed by atoms with Crippen molar-refractivity contribution in [2.45, 2.75) is 26.3 Å². The van der Waals surface area contributed by atoms with Crippen LogP contribution in [0.15, 0.2) is 12.2 Å². The van der Waals surface area contributed by atoms with Crippen LogP contribution in [0.2, 0.25) is 0 Å².